The highest BCUT2D eigenvalue weighted by Crippen LogP contribution is 2.30. The second kappa shape index (κ2) is 9.55. The summed E-state index contributed by atoms with van der Waals surface area (Å²) in [6.07, 6.45) is 3.16. The van der Waals surface area contributed by atoms with Gasteiger partial charge in [-0.3, -0.25) is 14.7 Å². The Morgan fingerprint density at radius 2 is 1.89 bits per heavy atom. The average molecular weight is 383 g/mol. The van der Waals surface area contributed by atoms with Crippen LogP contribution in [0.15, 0.2) is 42.6 Å². The molecule has 1 aromatic heterocycles. The maximum atomic E-state index is 12.8. The number of hydrogen-bond acceptors (Lipinski definition) is 5. The van der Waals surface area contributed by atoms with Crippen molar-refractivity contribution in [2.45, 2.75) is 38.9 Å². The molecule has 2 heterocycles. The predicted octanol–water partition coefficient (Wildman–Crippen LogP) is 3.11. The zero-order chi connectivity index (χ0) is 19.9. The van der Waals surface area contributed by atoms with Crippen molar-refractivity contribution in [2.75, 3.05) is 27.3 Å². The van der Waals surface area contributed by atoms with Gasteiger partial charge in [0.1, 0.15) is 5.69 Å². The molecule has 3 rings (SSSR count). The Morgan fingerprint density at radius 3 is 2.57 bits per heavy atom. The van der Waals surface area contributed by atoms with E-state index < -0.39 is 0 Å². The number of methoxy groups -OCH3 is 2. The van der Waals surface area contributed by atoms with E-state index in [-0.39, 0.29) is 11.9 Å². The molecule has 6 heteroatoms. The maximum absolute atomic E-state index is 12.8. The second-order valence-electron chi connectivity index (χ2n) is 7.05. The highest BCUT2D eigenvalue weighted by atomic mass is 16.5. The van der Waals surface area contributed by atoms with Gasteiger partial charge in [-0.05, 0) is 12.0 Å². The van der Waals surface area contributed by atoms with Crippen LogP contribution in [-0.2, 0) is 17.9 Å². The van der Waals surface area contributed by atoms with Crippen molar-refractivity contribution in [3.63, 3.8) is 0 Å². The molecule has 1 amide bonds. The third kappa shape index (κ3) is 4.62. The van der Waals surface area contributed by atoms with Gasteiger partial charge in [0.15, 0.2) is 11.5 Å². The van der Waals surface area contributed by atoms with Crippen LogP contribution in [0.1, 0.15) is 31.0 Å². The highest BCUT2D eigenvalue weighted by molar-refractivity contribution is 5.77. The summed E-state index contributed by atoms with van der Waals surface area (Å²) in [5.74, 6) is 1.55. The Kier molecular flexibility index (Phi) is 6.87. The number of aromatic nitrogens is 1. The number of benzene rings is 1. The molecular weight excluding hydrogens is 354 g/mol. The van der Waals surface area contributed by atoms with E-state index in [9.17, 15) is 4.79 Å². The Labute approximate surface area is 167 Å². The lowest BCUT2D eigenvalue weighted by molar-refractivity contribution is -0.133. The van der Waals surface area contributed by atoms with Crippen molar-refractivity contribution in [1.82, 2.24) is 14.8 Å². The molecule has 0 bridgehead atoms. The van der Waals surface area contributed by atoms with Crippen LogP contribution in [0.5, 0.6) is 11.5 Å². The van der Waals surface area contributed by atoms with Crippen molar-refractivity contribution in [3.05, 3.63) is 53.9 Å². The second-order valence-corrected chi connectivity index (χ2v) is 7.05. The van der Waals surface area contributed by atoms with E-state index in [0.29, 0.717) is 37.6 Å². The van der Waals surface area contributed by atoms with Crippen LogP contribution < -0.4 is 9.47 Å². The number of nitrogens with zero attached hydrogens (tertiary/aromatic N) is 3. The first kappa shape index (κ1) is 20.1. The van der Waals surface area contributed by atoms with Gasteiger partial charge in [0.25, 0.3) is 0 Å². The molecule has 150 valence electrons. The molecule has 2 aromatic rings. The standard InChI is InChI=1S/C22H29N3O3/c1-4-18-15-24(16-19-22(28-3)20(27-2)10-12-23-19)13-11-21(26)25(18)14-17-8-6-5-7-9-17/h5-10,12,18H,4,11,13-16H2,1-3H3/t18-/m0/s1. The Balaban J connectivity index is 1.76. The van der Waals surface area contributed by atoms with Crippen LogP contribution in [0.2, 0.25) is 0 Å². The van der Waals surface area contributed by atoms with Gasteiger partial charge >= 0.3 is 0 Å². The number of hydrogen-bond donors (Lipinski definition) is 0. The summed E-state index contributed by atoms with van der Waals surface area (Å²) in [4.78, 5) is 21.7. The fourth-order valence-electron chi connectivity index (χ4n) is 3.75. The molecule has 1 aromatic carbocycles. The van der Waals surface area contributed by atoms with Crippen molar-refractivity contribution in [2.24, 2.45) is 0 Å². The first-order valence-electron chi connectivity index (χ1n) is 9.77. The molecule has 6 nitrogen and oxygen atoms in total. The van der Waals surface area contributed by atoms with Crippen LogP contribution in [0.4, 0.5) is 0 Å². The molecular formula is C22H29N3O3. The lowest BCUT2D eigenvalue weighted by atomic mass is 10.1. The summed E-state index contributed by atoms with van der Waals surface area (Å²) in [5.41, 5.74) is 2.00. The minimum atomic E-state index is 0.173. The van der Waals surface area contributed by atoms with Crippen molar-refractivity contribution in [3.8, 4) is 11.5 Å². The Morgan fingerprint density at radius 1 is 1.11 bits per heavy atom. The van der Waals surface area contributed by atoms with E-state index in [2.05, 4.69) is 28.9 Å². The van der Waals surface area contributed by atoms with E-state index in [1.807, 2.05) is 23.1 Å². The molecule has 0 aliphatic carbocycles. The van der Waals surface area contributed by atoms with Gasteiger partial charge in [-0.25, -0.2) is 0 Å². The largest absolute Gasteiger partial charge is 0.493 e. The molecule has 0 radical (unpaired) electrons. The third-order valence-electron chi connectivity index (χ3n) is 5.28. The number of carbonyl (C=O) groups excluding carboxylic acids is 1. The van der Waals surface area contributed by atoms with E-state index in [1.165, 1.54) is 5.56 Å². The van der Waals surface area contributed by atoms with Gasteiger partial charge in [0.05, 0.1) is 14.2 Å². The third-order valence-corrected chi connectivity index (χ3v) is 5.28. The quantitative estimate of drug-likeness (QED) is 0.735. The zero-order valence-corrected chi connectivity index (χ0v) is 16.9. The molecule has 1 atom stereocenters. The van der Waals surface area contributed by atoms with Gasteiger partial charge in [-0.15, -0.1) is 0 Å². The summed E-state index contributed by atoms with van der Waals surface area (Å²) < 4.78 is 10.9. The lowest BCUT2D eigenvalue weighted by Gasteiger charge is -2.31. The fraction of sp³-hybridized carbons (Fsp3) is 0.455. The van der Waals surface area contributed by atoms with Crippen molar-refractivity contribution >= 4 is 5.91 Å². The minimum Gasteiger partial charge on any atom is -0.493 e. The molecule has 1 aliphatic rings. The SMILES string of the molecule is CC[C@H]1CN(Cc2nccc(OC)c2OC)CCC(=O)N1Cc1ccccc1. The van der Waals surface area contributed by atoms with E-state index in [0.717, 1.165) is 18.7 Å². The van der Waals surface area contributed by atoms with Gasteiger partial charge in [-0.2, -0.15) is 0 Å². The van der Waals surface area contributed by atoms with E-state index in [4.69, 9.17) is 9.47 Å². The normalized spacial score (nSPS) is 18.0. The summed E-state index contributed by atoms with van der Waals surface area (Å²) in [7, 11) is 3.26. The molecule has 1 saturated heterocycles. The molecule has 1 fully saturated rings. The predicted molar refractivity (Wildman–Crippen MR) is 108 cm³/mol. The topological polar surface area (TPSA) is 54.9 Å². The van der Waals surface area contributed by atoms with Gasteiger partial charge in [0.2, 0.25) is 5.91 Å². The van der Waals surface area contributed by atoms with Crippen molar-refractivity contribution < 1.29 is 14.3 Å². The van der Waals surface area contributed by atoms with Crippen molar-refractivity contribution in [1.29, 1.82) is 0 Å². The number of ether oxygens (including phenoxy) is 2. The number of rotatable bonds is 7. The Bertz CT molecular complexity index is 782. The van der Waals surface area contributed by atoms with Crippen LogP contribution in [0, 0.1) is 0 Å². The summed E-state index contributed by atoms with van der Waals surface area (Å²) >= 11 is 0. The number of carbonyl (C=O) groups is 1. The number of amides is 1. The summed E-state index contributed by atoms with van der Waals surface area (Å²) in [5, 5.41) is 0. The molecule has 0 saturated carbocycles. The lowest BCUT2D eigenvalue weighted by Crippen LogP contribution is -2.42. The van der Waals surface area contributed by atoms with E-state index in [1.54, 1.807) is 26.5 Å². The Hall–Kier alpha value is -2.60. The van der Waals surface area contributed by atoms with Gasteiger partial charge < -0.3 is 14.4 Å². The molecule has 0 unspecified atom stereocenters. The average Bonchev–Trinajstić information content (AvgIpc) is 2.88. The first-order chi connectivity index (χ1) is 13.7. The first-order valence-corrected chi connectivity index (χ1v) is 9.77. The maximum Gasteiger partial charge on any atom is 0.224 e. The van der Waals surface area contributed by atoms with Gasteiger partial charge in [0, 0.05) is 50.9 Å². The smallest absolute Gasteiger partial charge is 0.224 e. The summed E-state index contributed by atoms with van der Waals surface area (Å²) in [6, 6.07) is 12.2. The summed E-state index contributed by atoms with van der Waals surface area (Å²) in [6.45, 7) is 4.96. The van der Waals surface area contributed by atoms with Crippen LogP contribution in [-0.4, -0.2) is 54.0 Å². The number of pyridine rings is 1. The zero-order valence-electron chi connectivity index (χ0n) is 16.9. The molecule has 0 spiro atoms. The van der Waals surface area contributed by atoms with E-state index >= 15 is 0 Å². The van der Waals surface area contributed by atoms with Crippen LogP contribution >= 0.6 is 0 Å². The highest BCUT2D eigenvalue weighted by Gasteiger charge is 2.29. The minimum absolute atomic E-state index is 0.173. The van der Waals surface area contributed by atoms with Gasteiger partial charge in [-0.1, -0.05) is 37.3 Å². The molecule has 28 heavy (non-hydrogen) atoms. The molecule has 0 N–H and O–H groups in total. The monoisotopic (exact) mass is 383 g/mol. The molecule has 1 aliphatic heterocycles. The fourth-order valence-corrected chi connectivity index (χ4v) is 3.75. The van der Waals surface area contributed by atoms with Crippen LogP contribution in [0.3, 0.4) is 0 Å². The van der Waals surface area contributed by atoms with Crippen LogP contribution in [0.25, 0.3) is 0 Å².